The zero-order valence-corrected chi connectivity index (χ0v) is 18.6. The molecule has 29 heavy (non-hydrogen) atoms. The minimum atomic E-state index is -0.598. The van der Waals surface area contributed by atoms with Crippen molar-refractivity contribution in [2.45, 2.75) is 74.8 Å². The number of likely N-dealkylation sites (tertiary alicyclic amines) is 1. The molecule has 0 aromatic rings. The van der Waals surface area contributed by atoms with Crippen LogP contribution in [0.5, 0.6) is 0 Å². The van der Waals surface area contributed by atoms with Gasteiger partial charge in [-0.25, -0.2) is 0 Å². The van der Waals surface area contributed by atoms with Crippen LogP contribution in [0.15, 0.2) is 0 Å². The van der Waals surface area contributed by atoms with Crippen molar-refractivity contribution in [3.8, 4) is 0 Å². The van der Waals surface area contributed by atoms with Crippen molar-refractivity contribution in [1.82, 2.24) is 10.2 Å². The fourth-order valence-corrected chi connectivity index (χ4v) is 7.83. The van der Waals surface area contributed by atoms with Gasteiger partial charge in [0.2, 0.25) is 11.8 Å². The van der Waals surface area contributed by atoms with E-state index in [9.17, 15) is 19.5 Å². The van der Waals surface area contributed by atoms with E-state index in [4.69, 9.17) is 4.74 Å². The second-order valence-electron chi connectivity index (χ2n) is 8.59. The Morgan fingerprint density at radius 2 is 2.03 bits per heavy atom. The van der Waals surface area contributed by atoms with E-state index in [0.29, 0.717) is 19.5 Å². The van der Waals surface area contributed by atoms with Crippen molar-refractivity contribution in [2.24, 2.45) is 11.8 Å². The van der Waals surface area contributed by atoms with Gasteiger partial charge in [-0.15, -0.1) is 11.8 Å². The Bertz CT molecular complexity index is 659. The smallest absolute Gasteiger partial charge is 0.311 e. The van der Waals surface area contributed by atoms with Gasteiger partial charge in [-0.3, -0.25) is 14.4 Å². The number of carbonyl (C=O) groups is 3. The van der Waals surface area contributed by atoms with Crippen LogP contribution in [0.25, 0.3) is 0 Å². The molecular weight excluding hydrogens is 392 g/mol. The van der Waals surface area contributed by atoms with Crippen molar-refractivity contribution in [1.29, 1.82) is 0 Å². The molecular formula is C21H34N2O5S. The molecule has 3 fully saturated rings. The average molecular weight is 427 g/mol. The van der Waals surface area contributed by atoms with Crippen LogP contribution in [0.1, 0.15) is 59.3 Å². The molecule has 5 atom stereocenters. The first kappa shape index (κ1) is 22.4. The molecule has 164 valence electrons. The minimum absolute atomic E-state index is 0.0432. The summed E-state index contributed by atoms with van der Waals surface area (Å²) < 4.78 is 4.37. The summed E-state index contributed by atoms with van der Waals surface area (Å²) in [5, 5.41) is 12.3. The van der Waals surface area contributed by atoms with E-state index in [-0.39, 0.29) is 35.7 Å². The van der Waals surface area contributed by atoms with E-state index in [0.717, 1.165) is 32.1 Å². The van der Waals surface area contributed by atoms with Gasteiger partial charge >= 0.3 is 5.97 Å². The predicted molar refractivity (Wildman–Crippen MR) is 111 cm³/mol. The molecule has 3 saturated heterocycles. The molecule has 0 radical (unpaired) electrons. The zero-order chi connectivity index (χ0) is 21.2. The Kier molecular flexibility index (Phi) is 6.83. The fourth-order valence-electron chi connectivity index (χ4n) is 5.48. The molecule has 2 N–H and O–H groups in total. The van der Waals surface area contributed by atoms with Gasteiger partial charge in [-0.2, -0.15) is 0 Å². The first-order valence-corrected chi connectivity index (χ1v) is 11.7. The molecule has 3 rings (SSSR count). The molecule has 2 amide bonds. The molecule has 0 aliphatic carbocycles. The topological polar surface area (TPSA) is 95.9 Å². The van der Waals surface area contributed by atoms with E-state index in [1.54, 1.807) is 23.6 Å². The Hall–Kier alpha value is -1.28. The summed E-state index contributed by atoms with van der Waals surface area (Å²) in [7, 11) is 0. The van der Waals surface area contributed by atoms with Crippen LogP contribution in [-0.2, 0) is 19.1 Å². The number of aliphatic hydroxyl groups excluding tert-OH is 1. The number of aliphatic hydroxyl groups is 1. The van der Waals surface area contributed by atoms with Crippen LogP contribution in [0, 0.1) is 11.8 Å². The Morgan fingerprint density at radius 3 is 2.69 bits per heavy atom. The lowest BCUT2D eigenvalue weighted by Crippen LogP contribution is -2.53. The first-order chi connectivity index (χ1) is 13.9. The molecule has 0 saturated carbocycles. The van der Waals surface area contributed by atoms with Crippen molar-refractivity contribution in [3.63, 3.8) is 0 Å². The molecule has 3 aliphatic rings. The maximum absolute atomic E-state index is 13.5. The molecule has 8 heteroatoms. The lowest BCUT2D eigenvalue weighted by molar-refractivity contribution is -0.155. The maximum atomic E-state index is 13.5. The fraction of sp³-hybridized carbons (Fsp3) is 0.857. The number of amides is 2. The summed E-state index contributed by atoms with van der Waals surface area (Å²) in [5.74, 6) is -1.65. The average Bonchev–Trinajstić information content (AvgIpc) is 3.24. The van der Waals surface area contributed by atoms with E-state index in [1.165, 1.54) is 0 Å². The third kappa shape index (κ3) is 3.67. The van der Waals surface area contributed by atoms with Crippen molar-refractivity contribution in [2.75, 3.05) is 26.3 Å². The summed E-state index contributed by atoms with van der Waals surface area (Å²) in [6, 6.07) is -0.598. The molecule has 0 aromatic heterocycles. The number of hydrogen-bond acceptors (Lipinski definition) is 6. The predicted octanol–water partition coefficient (Wildman–Crippen LogP) is 1.72. The highest BCUT2D eigenvalue weighted by Crippen LogP contribution is 2.71. The summed E-state index contributed by atoms with van der Waals surface area (Å²) in [4.78, 5) is 41.2. The number of ether oxygens (including phenoxy) is 1. The van der Waals surface area contributed by atoms with Gasteiger partial charge in [-0.1, -0.05) is 19.8 Å². The van der Waals surface area contributed by atoms with Gasteiger partial charge in [0.05, 0.1) is 23.2 Å². The van der Waals surface area contributed by atoms with Gasteiger partial charge < -0.3 is 20.1 Å². The first-order valence-electron chi connectivity index (χ1n) is 10.9. The van der Waals surface area contributed by atoms with Crippen molar-refractivity contribution in [3.05, 3.63) is 0 Å². The number of fused-ring (bicyclic) bond motifs is 1. The Morgan fingerprint density at radius 1 is 1.28 bits per heavy atom. The largest absolute Gasteiger partial charge is 0.466 e. The van der Waals surface area contributed by atoms with Gasteiger partial charge in [0.15, 0.2) is 0 Å². The third-order valence-electron chi connectivity index (χ3n) is 6.70. The quantitative estimate of drug-likeness (QED) is 0.408. The number of unbranched alkanes of at least 4 members (excludes halogenated alkanes) is 2. The van der Waals surface area contributed by atoms with Crippen LogP contribution < -0.4 is 5.32 Å². The number of rotatable bonds is 10. The van der Waals surface area contributed by atoms with E-state index < -0.39 is 22.6 Å². The molecule has 0 aromatic carbocycles. The van der Waals surface area contributed by atoms with Crippen LogP contribution in [0.2, 0.25) is 0 Å². The summed E-state index contributed by atoms with van der Waals surface area (Å²) in [5.41, 5.74) is 0. The highest BCUT2D eigenvalue weighted by molar-refractivity contribution is 8.02. The number of esters is 1. The van der Waals surface area contributed by atoms with Gasteiger partial charge in [0, 0.05) is 24.4 Å². The zero-order valence-electron chi connectivity index (χ0n) is 17.7. The van der Waals surface area contributed by atoms with Crippen LogP contribution in [0.3, 0.4) is 0 Å². The number of thioether (sulfide) groups is 1. The number of nitrogens with one attached hydrogen (secondary N) is 1. The van der Waals surface area contributed by atoms with Gasteiger partial charge in [-0.05, 0) is 39.5 Å². The molecule has 1 spiro atoms. The monoisotopic (exact) mass is 426 g/mol. The molecule has 7 nitrogen and oxygen atoms in total. The lowest BCUT2D eigenvalue weighted by atomic mass is 9.66. The van der Waals surface area contributed by atoms with Crippen LogP contribution in [-0.4, -0.2) is 69.6 Å². The van der Waals surface area contributed by atoms with E-state index in [2.05, 4.69) is 12.2 Å². The van der Waals surface area contributed by atoms with Crippen molar-refractivity contribution < 1.29 is 24.2 Å². The SMILES string of the molecule is CCCCCNC(=O)C1N(CCCO)C(=O)[C@@H]2[C@@H](C(=O)OCC)[C@@]3(C)CCC12S3. The Balaban J connectivity index is 1.91. The highest BCUT2D eigenvalue weighted by Gasteiger charge is 2.77. The summed E-state index contributed by atoms with van der Waals surface area (Å²) >= 11 is 1.65. The third-order valence-corrected chi connectivity index (χ3v) is 8.69. The molecule has 2 bridgehead atoms. The summed E-state index contributed by atoms with van der Waals surface area (Å²) in [6.45, 7) is 7.07. The number of carbonyl (C=O) groups excluding carboxylic acids is 3. The van der Waals surface area contributed by atoms with Crippen molar-refractivity contribution >= 4 is 29.5 Å². The molecule has 2 unspecified atom stereocenters. The lowest BCUT2D eigenvalue weighted by Gasteiger charge is -2.34. The van der Waals surface area contributed by atoms with Crippen LogP contribution in [0.4, 0.5) is 0 Å². The Labute approximate surface area is 177 Å². The molecule has 3 aliphatic heterocycles. The minimum Gasteiger partial charge on any atom is -0.466 e. The van der Waals surface area contributed by atoms with Gasteiger partial charge in [0.25, 0.3) is 0 Å². The van der Waals surface area contributed by atoms with E-state index >= 15 is 0 Å². The standard InChI is InChI=1S/C21H34N2O5S/c1-4-6-7-11-22-17(25)16-21-10-9-20(3,29-21)15(19(27)28-5-2)14(21)18(26)23(16)12-8-13-24/h14-16,24H,4-13H2,1-3H3,(H,22,25)/t14-,15-,16?,20+,21?/m0/s1. The molecule has 3 heterocycles. The highest BCUT2D eigenvalue weighted by atomic mass is 32.2. The van der Waals surface area contributed by atoms with E-state index in [1.807, 2.05) is 6.92 Å². The summed E-state index contributed by atoms with van der Waals surface area (Å²) in [6.07, 6.45) is 4.97. The normalized spacial score (nSPS) is 35.1. The maximum Gasteiger partial charge on any atom is 0.311 e. The second-order valence-corrected chi connectivity index (χ2v) is 10.5. The number of nitrogens with zero attached hydrogens (tertiary/aromatic N) is 1. The second kappa shape index (κ2) is 8.84. The van der Waals surface area contributed by atoms with Gasteiger partial charge in [0.1, 0.15) is 6.04 Å². The van der Waals surface area contributed by atoms with Crippen LogP contribution >= 0.6 is 11.8 Å². The number of hydrogen-bond donors (Lipinski definition) is 2.